The van der Waals surface area contributed by atoms with Gasteiger partial charge in [0.25, 0.3) is 0 Å². The summed E-state index contributed by atoms with van der Waals surface area (Å²) in [4.78, 5) is 21.2. The molecule has 0 fully saturated rings. The molecule has 0 saturated heterocycles. The van der Waals surface area contributed by atoms with Crippen LogP contribution >= 0.6 is 0 Å². The number of halogens is 1. The second-order valence-corrected chi connectivity index (χ2v) is 7.49. The van der Waals surface area contributed by atoms with Crippen molar-refractivity contribution in [2.45, 2.75) is 33.7 Å². The molecule has 0 saturated carbocycles. The van der Waals surface area contributed by atoms with E-state index in [4.69, 9.17) is 4.42 Å². The van der Waals surface area contributed by atoms with Gasteiger partial charge in [-0.2, -0.15) is 4.39 Å². The van der Waals surface area contributed by atoms with E-state index in [0.29, 0.717) is 28.0 Å². The Hall–Kier alpha value is -3.54. The molecule has 0 aliphatic heterocycles. The molecule has 0 spiro atoms. The molecular formula is C24H22FN3O2. The number of nitrogens with one attached hydrogen (secondary N) is 1. The fraction of sp³-hybridized carbons (Fsp3) is 0.208. The number of benzene rings is 1. The Morgan fingerprint density at radius 1 is 1.13 bits per heavy atom. The highest BCUT2D eigenvalue weighted by molar-refractivity contribution is 5.84. The molecule has 4 aromatic rings. The topological polar surface area (TPSA) is 68.0 Å². The van der Waals surface area contributed by atoms with Crippen molar-refractivity contribution >= 4 is 16.7 Å². The van der Waals surface area contributed by atoms with Gasteiger partial charge in [-0.15, -0.1) is 0 Å². The molecule has 0 amide bonds. The number of hydrogen-bond donors (Lipinski definition) is 1. The van der Waals surface area contributed by atoms with Gasteiger partial charge >= 0.3 is 0 Å². The number of aryl methyl sites for hydroxylation is 2. The molecular weight excluding hydrogens is 381 g/mol. The van der Waals surface area contributed by atoms with Crippen molar-refractivity contribution in [3.8, 4) is 11.3 Å². The number of pyridine rings is 2. The molecule has 6 heteroatoms. The Kier molecular flexibility index (Phi) is 5.08. The summed E-state index contributed by atoms with van der Waals surface area (Å²) < 4.78 is 19.7. The highest BCUT2D eigenvalue weighted by Crippen LogP contribution is 2.32. The van der Waals surface area contributed by atoms with Crippen LogP contribution in [0.1, 0.15) is 35.3 Å². The molecule has 5 nitrogen and oxygen atoms in total. The van der Waals surface area contributed by atoms with Crippen LogP contribution in [0.4, 0.5) is 10.1 Å². The van der Waals surface area contributed by atoms with Gasteiger partial charge in [0.15, 0.2) is 5.43 Å². The molecule has 1 aromatic carbocycles. The zero-order valence-electron chi connectivity index (χ0n) is 17.3. The van der Waals surface area contributed by atoms with Gasteiger partial charge in [0.2, 0.25) is 5.95 Å². The number of anilines is 1. The van der Waals surface area contributed by atoms with Gasteiger partial charge in [-0.1, -0.05) is 6.07 Å². The highest BCUT2D eigenvalue weighted by atomic mass is 19.1. The summed E-state index contributed by atoms with van der Waals surface area (Å²) in [6.45, 7) is 7.44. The molecule has 4 rings (SSSR count). The van der Waals surface area contributed by atoms with Crippen molar-refractivity contribution in [2.75, 3.05) is 5.32 Å². The SMILES string of the molecule is Cc1cc(C(C)Nc2ccc(F)nc2C)c2oc(-c3cccnc3)c(C)c(=O)c2c1. The predicted molar refractivity (Wildman–Crippen MR) is 116 cm³/mol. The minimum Gasteiger partial charge on any atom is -0.455 e. The van der Waals surface area contributed by atoms with Crippen LogP contribution in [0.3, 0.4) is 0 Å². The van der Waals surface area contributed by atoms with E-state index in [2.05, 4.69) is 15.3 Å². The lowest BCUT2D eigenvalue weighted by Crippen LogP contribution is -2.13. The lowest BCUT2D eigenvalue weighted by Gasteiger charge is -2.19. The first-order valence-corrected chi connectivity index (χ1v) is 9.73. The monoisotopic (exact) mass is 403 g/mol. The van der Waals surface area contributed by atoms with Gasteiger partial charge in [-0.25, -0.2) is 4.98 Å². The van der Waals surface area contributed by atoms with Crippen molar-refractivity contribution < 1.29 is 8.81 Å². The average molecular weight is 403 g/mol. The quantitative estimate of drug-likeness (QED) is 0.457. The van der Waals surface area contributed by atoms with E-state index in [1.54, 1.807) is 32.3 Å². The van der Waals surface area contributed by atoms with Crippen LogP contribution in [0.25, 0.3) is 22.3 Å². The molecule has 152 valence electrons. The smallest absolute Gasteiger partial charge is 0.213 e. The number of hydrogen-bond acceptors (Lipinski definition) is 5. The van der Waals surface area contributed by atoms with E-state index in [9.17, 15) is 9.18 Å². The number of rotatable bonds is 4. The van der Waals surface area contributed by atoms with Crippen LogP contribution in [-0.2, 0) is 0 Å². The predicted octanol–water partition coefficient (Wildman–Crippen LogP) is 5.49. The second-order valence-electron chi connectivity index (χ2n) is 7.49. The van der Waals surface area contributed by atoms with Crippen molar-refractivity contribution in [1.29, 1.82) is 0 Å². The molecule has 1 N–H and O–H groups in total. The van der Waals surface area contributed by atoms with Gasteiger partial charge in [0.1, 0.15) is 11.3 Å². The van der Waals surface area contributed by atoms with E-state index in [1.807, 2.05) is 38.1 Å². The number of nitrogens with zero attached hydrogens (tertiary/aromatic N) is 2. The third-order valence-electron chi connectivity index (χ3n) is 5.21. The first kappa shape index (κ1) is 19.8. The molecule has 0 aliphatic rings. The lowest BCUT2D eigenvalue weighted by atomic mass is 9.99. The van der Waals surface area contributed by atoms with Gasteiger partial charge in [0, 0.05) is 29.1 Å². The molecule has 3 aromatic heterocycles. The summed E-state index contributed by atoms with van der Waals surface area (Å²) in [7, 11) is 0. The lowest BCUT2D eigenvalue weighted by molar-refractivity contribution is 0.580. The van der Waals surface area contributed by atoms with Crippen LogP contribution < -0.4 is 10.7 Å². The first-order chi connectivity index (χ1) is 14.3. The van der Waals surface area contributed by atoms with Gasteiger partial charge < -0.3 is 9.73 Å². The van der Waals surface area contributed by atoms with Crippen molar-refractivity contribution in [2.24, 2.45) is 0 Å². The molecule has 1 atom stereocenters. The standard InChI is InChI=1S/C24H22FN3O2/c1-13-10-18(15(3)27-20-7-8-21(25)28-16(20)4)24-19(11-13)22(29)14(2)23(30-24)17-6-5-9-26-12-17/h5-12,15,27H,1-4H3. The van der Waals surface area contributed by atoms with Crippen LogP contribution in [0.2, 0.25) is 0 Å². The molecule has 3 heterocycles. The first-order valence-electron chi connectivity index (χ1n) is 9.73. The molecule has 0 aliphatic carbocycles. The molecule has 0 radical (unpaired) electrons. The van der Waals surface area contributed by atoms with Crippen molar-refractivity contribution in [1.82, 2.24) is 9.97 Å². The Morgan fingerprint density at radius 2 is 1.93 bits per heavy atom. The van der Waals surface area contributed by atoms with Gasteiger partial charge in [-0.3, -0.25) is 9.78 Å². The minimum absolute atomic E-state index is 0.0631. The van der Waals surface area contributed by atoms with Crippen LogP contribution in [0.5, 0.6) is 0 Å². The zero-order chi connectivity index (χ0) is 21.4. The third-order valence-corrected chi connectivity index (χ3v) is 5.21. The van der Waals surface area contributed by atoms with E-state index in [0.717, 1.165) is 22.4 Å². The molecule has 1 unspecified atom stereocenters. The Balaban J connectivity index is 1.89. The number of fused-ring (bicyclic) bond motifs is 1. The summed E-state index contributed by atoms with van der Waals surface area (Å²) in [5.41, 5.74) is 4.85. The summed E-state index contributed by atoms with van der Waals surface area (Å²) in [5, 5.41) is 3.90. The van der Waals surface area contributed by atoms with Crippen LogP contribution in [-0.4, -0.2) is 9.97 Å². The Bertz CT molecular complexity index is 1300. The van der Waals surface area contributed by atoms with Gasteiger partial charge in [0.05, 0.1) is 22.8 Å². The Morgan fingerprint density at radius 3 is 2.63 bits per heavy atom. The maximum atomic E-state index is 13.4. The molecule has 0 bridgehead atoms. The fourth-order valence-electron chi connectivity index (χ4n) is 3.66. The van der Waals surface area contributed by atoms with Crippen LogP contribution in [0, 0.1) is 26.7 Å². The van der Waals surface area contributed by atoms with E-state index < -0.39 is 5.95 Å². The zero-order valence-corrected chi connectivity index (χ0v) is 17.3. The van der Waals surface area contributed by atoms with E-state index in [-0.39, 0.29) is 11.5 Å². The Labute approximate surface area is 173 Å². The summed E-state index contributed by atoms with van der Waals surface area (Å²) >= 11 is 0. The van der Waals surface area contributed by atoms with E-state index >= 15 is 0 Å². The number of aromatic nitrogens is 2. The van der Waals surface area contributed by atoms with Crippen LogP contribution in [0.15, 0.2) is 58.0 Å². The summed E-state index contributed by atoms with van der Waals surface area (Å²) in [6.07, 6.45) is 3.36. The minimum atomic E-state index is -0.519. The fourth-order valence-corrected chi connectivity index (χ4v) is 3.66. The third kappa shape index (κ3) is 3.56. The second kappa shape index (κ2) is 7.71. The largest absolute Gasteiger partial charge is 0.455 e. The maximum Gasteiger partial charge on any atom is 0.213 e. The average Bonchev–Trinajstić information content (AvgIpc) is 2.73. The van der Waals surface area contributed by atoms with Crippen molar-refractivity contribution in [3.05, 3.63) is 87.3 Å². The van der Waals surface area contributed by atoms with Gasteiger partial charge in [-0.05, 0) is 63.6 Å². The molecule has 30 heavy (non-hydrogen) atoms. The highest BCUT2D eigenvalue weighted by Gasteiger charge is 2.19. The summed E-state index contributed by atoms with van der Waals surface area (Å²) in [6, 6.07) is 10.3. The summed E-state index contributed by atoms with van der Waals surface area (Å²) in [5.74, 6) is -0.00757. The normalized spacial score (nSPS) is 12.2. The van der Waals surface area contributed by atoms with Crippen molar-refractivity contribution in [3.63, 3.8) is 0 Å². The van der Waals surface area contributed by atoms with E-state index in [1.165, 1.54) is 6.07 Å². The maximum absolute atomic E-state index is 13.4.